The highest BCUT2D eigenvalue weighted by Crippen LogP contribution is 2.30. The van der Waals surface area contributed by atoms with E-state index in [-0.39, 0.29) is 6.61 Å². The molecule has 1 aromatic rings. The van der Waals surface area contributed by atoms with Crippen LogP contribution in [0.25, 0.3) is 0 Å². The van der Waals surface area contributed by atoms with Crippen LogP contribution in [0.5, 0.6) is 0 Å². The quantitative estimate of drug-likeness (QED) is 0.795. The first-order chi connectivity index (χ1) is 9.63. The summed E-state index contributed by atoms with van der Waals surface area (Å²) in [5.41, 5.74) is 7.67. The average Bonchev–Trinajstić information content (AvgIpc) is 2.45. The highest BCUT2D eigenvalue weighted by atomic mass is 79.9. The maximum Gasteiger partial charge on any atom is 0.105 e. The van der Waals surface area contributed by atoms with E-state index in [1.165, 1.54) is 32.1 Å². The number of nitrogens with two attached hydrogens (primary N) is 1. The third-order valence-corrected chi connectivity index (χ3v) is 4.78. The van der Waals surface area contributed by atoms with E-state index in [0.29, 0.717) is 17.6 Å². The van der Waals surface area contributed by atoms with Crippen molar-refractivity contribution in [1.29, 1.82) is 0 Å². The molecule has 0 amide bonds. The van der Waals surface area contributed by atoms with E-state index in [9.17, 15) is 5.11 Å². The zero-order valence-electron chi connectivity index (χ0n) is 11.5. The van der Waals surface area contributed by atoms with Crippen LogP contribution in [-0.2, 0) is 0 Å². The molecule has 2 rings (SSSR count). The van der Waals surface area contributed by atoms with Crippen LogP contribution in [0.15, 0.2) is 22.7 Å². The Bertz CT molecular complexity index is 475. The highest BCUT2D eigenvalue weighted by molar-refractivity contribution is 9.10. The van der Waals surface area contributed by atoms with Gasteiger partial charge in [-0.2, -0.15) is 0 Å². The van der Waals surface area contributed by atoms with Gasteiger partial charge in [-0.25, -0.2) is 0 Å². The molecule has 20 heavy (non-hydrogen) atoms. The number of thiocarbonyl (C=S) groups is 1. The molecule has 1 saturated carbocycles. The molecule has 0 aromatic heterocycles. The topological polar surface area (TPSA) is 49.5 Å². The van der Waals surface area contributed by atoms with E-state index in [4.69, 9.17) is 18.0 Å². The molecule has 110 valence electrons. The fourth-order valence-electron chi connectivity index (χ4n) is 2.91. The molecule has 0 spiro atoms. The molecule has 1 aliphatic carbocycles. The van der Waals surface area contributed by atoms with Crippen molar-refractivity contribution < 1.29 is 5.11 Å². The van der Waals surface area contributed by atoms with Gasteiger partial charge in [-0.1, -0.05) is 31.5 Å². The van der Waals surface area contributed by atoms with E-state index in [2.05, 4.69) is 26.9 Å². The summed E-state index contributed by atoms with van der Waals surface area (Å²) in [6.07, 6.45) is 6.29. The lowest BCUT2D eigenvalue weighted by molar-refractivity contribution is 0.290. The van der Waals surface area contributed by atoms with Gasteiger partial charge < -0.3 is 15.7 Å². The lowest BCUT2D eigenvalue weighted by Gasteiger charge is -2.36. The maximum absolute atomic E-state index is 9.35. The summed E-state index contributed by atoms with van der Waals surface area (Å²) in [6, 6.07) is 6.58. The lowest BCUT2D eigenvalue weighted by Crippen LogP contribution is -2.38. The SMILES string of the molecule is NC(=S)c1ccc(N(CCO)C2CCCCC2)cc1Br. The van der Waals surface area contributed by atoms with Gasteiger partial charge in [0.1, 0.15) is 4.99 Å². The van der Waals surface area contributed by atoms with Gasteiger partial charge in [0.25, 0.3) is 0 Å². The maximum atomic E-state index is 9.35. The fourth-order valence-corrected chi connectivity index (χ4v) is 3.79. The summed E-state index contributed by atoms with van der Waals surface area (Å²) >= 11 is 8.56. The van der Waals surface area contributed by atoms with Crippen molar-refractivity contribution in [3.05, 3.63) is 28.2 Å². The van der Waals surface area contributed by atoms with E-state index in [1.54, 1.807) is 0 Å². The Hall–Kier alpha value is -0.650. The number of hydrogen-bond donors (Lipinski definition) is 2. The third-order valence-electron chi connectivity index (χ3n) is 3.91. The number of aliphatic hydroxyl groups is 1. The minimum Gasteiger partial charge on any atom is -0.395 e. The molecule has 0 bridgehead atoms. The van der Waals surface area contributed by atoms with Crippen LogP contribution in [-0.4, -0.2) is 29.3 Å². The molecule has 0 heterocycles. The van der Waals surface area contributed by atoms with Gasteiger partial charge in [0.05, 0.1) is 6.61 Å². The first-order valence-electron chi connectivity index (χ1n) is 7.10. The number of halogens is 1. The van der Waals surface area contributed by atoms with Crippen molar-refractivity contribution >= 4 is 38.8 Å². The Morgan fingerprint density at radius 1 is 1.35 bits per heavy atom. The Labute approximate surface area is 134 Å². The molecule has 0 atom stereocenters. The van der Waals surface area contributed by atoms with Crippen LogP contribution in [0.1, 0.15) is 37.7 Å². The van der Waals surface area contributed by atoms with E-state index in [1.807, 2.05) is 12.1 Å². The molecule has 5 heteroatoms. The van der Waals surface area contributed by atoms with Crippen molar-refractivity contribution in [3.8, 4) is 0 Å². The molecule has 0 radical (unpaired) electrons. The first-order valence-corrected chi connectivity index (χ1v) is 8.30. The van der Waals surface area contributed by atoms with Crippen molar-refractivity contribution in [3.63, 3.8) is 0 Å². The number of rotatable bonds is 5. The summed E-state index contributed by atoms with van der Waals surface area (Å²) in [5.74, 6) is 0. The van der Waals surface area contributed by atoms with Gasteiger partial charge in [0.15, 0.2) is 0 Å². The van der Waals surface area contributed by atoms with Crippen LogP contribution in [0.4, 0.5) is 5.69 Å². The molecule has 3 N–H and O–H groups in total. The van der Waals surface area contributed by atoms with Crippen LogP contribution >= 0.6 is 28.1 Å². The standard InChI is InChI=1S/C15H21BrN2OS/c16-14-10-12(6-7-13(14)15(17)20)18(8-9-19)11-4-2-1-3-5-11/h6-7,10-11,19H,1-5,8-9H2,(H2,17,20). The monoisotopic (exact) mass is 356 g/mol. The van der Waals surface area contributed by atoms with E-state index < -0.39 is 0 Å². The van der Waals surface area contributed by atoms with Gasteiger partial charge in [-0.3, -0.25) is 0 Å². The number of hydrogen-bond acceptors (Lipinski definition) is 3. The Balaban J connectivity index is 2.24. The lowest BCUT2D eigenvalue weighted by atomic mass is 9.93. The molecule has 1 fully saturated rings. The zero-order chi connectivity index (χ0) is 14.5. The molecule has 0 unspecified atom stereocenters. The normalized spacial score (nSPS) is 16.1. The average molecular weight is 357 g/mol. The summed E-state index contributed by atoms with van der Waals surface area (Å²) in [6.45, 7) is 0.842. The van der Waals surface area contributed by atoms with Gasteiger partial charge in [0.2, 0.25) is 0 Å². The molecule has 3 nitrogen and oxygen atoms in total. The second kappa shape index (κ2) is 7.38. The molecular formula is C15H21BrN2OS. The summed E-state index contributed by atoms with van der Waals surface area (Å²) in [7, 11) is 0. The predicted molar refractivity (Wildman–Crippen MR) is 91.3 cm³/mol. The molecule has 1 aromatic carbocycles. The largest absolute Gasteiger partial charge is 0.395 e. The summed E-state index contributed by atoms with van der Waals surface area (Å²) in [5, 5.41) is 9.35. The van der Waals surface area contributed by atoms with Gasteiger partial charge >= 0.3 is 0 Å². The highest BCUT2D eigenvalue weighted by Gasteiger charge is 2.21. The second-order valence-electron chi connectivity index (χ2n) is 5.24. The zero-order valence-corrected chi connectivity index (χ0v) is 13.9. The van der Waals surface area contributed by atoms with Crippen LogP contribution in [0.3, 0.4) is 0 Å². The van der Waals surface area contributed by atoms with Crippen molar-refractivity contribution in [2.75, 3.05) is 18.1 Å². The predicted octanol–water partition coefficient (Wildman–Crippen LogP) is 3.21. The van der Waals surface area contributed by atoms with Crippen LogP contribution < -0.4 is 10.6 Å². The summed E-state index contributed by atoms with van der Waals surface area (Å²) in [4.78, 5) is 2.71. The van der Waals surface area contributed by atoms with Gasteiger partial charge in [-0.15, -0.1) is 0 Å². The number of anilines is 1. The van der Waals surface area contributed by atoms with Crippen LogP contribution in [0, 0.1) is 0 Å². The minimum atomic E-state index is 0.172. The molecule has 1 aliphatic rings. The number of aliphatic hydroxyl groups excluding tert-OH is 1. The number of benzene rings is 1. The Kier molecular flexibility index (Phi) is 5.81. The fraction of sp³-hybridized carbons (Fsp3) is 0.533. The van der Waals surface area contributed by atoms with Crippen LogP contribution in [0.2, 0.25) is 0 Å². The molecular weight excluding hydrogens is 336 g/mol. The van der Waals surface area contributed by atoms with Crippen molar-refractivity contribution in [2.24, 2.45) is 5.73 Å². The smallest absolute Gasteiger partial charge is 0.105 e. The number of nitrogens with zero attached hydrogens (tertiary/aromatic N) is 1. The van der Waals surface area contributed by atoms with Gasteiger partial charge in [-0.05, 0) is 47.0 Å². The minimum absolute atomic E-state index is 0.172. The van der Waals surface area contributed by atoms with Gasteiger partial charge in [0, 0.05) is 28.3 Å². The van der Waals surface area contributed by atoms with Crippen molar-refractivity contribution in [1.82, 2.24) is 0 Å². The summed E-state index contributed by atoms with van der Waals surface area (Å²) < 4.78 is 0.918. The first kappa shape index (κ1) is 15.7. The van der Waals surface area contributed by atoms with E-state index in [0.717, 1.165) is 15.7 Å². The Morgan fingerprint density at radius 3 is 2.60 bits per heavy atom. The molecule has 0 aliphatic heterocycles. The second-order valence-corrected chi connectivity index (χ2v) is 6.53. The Morgan fingerprint density at radius 2 is 2.05 bits per heavy atom. The molecule has 0 saturated heterocycles. The van der Waals surface area contributed by atoms with Crippen molar-refractivity contribution in [2.45, 2.75) is 38.1 Å². The van der Waals surface area contributed by atoms with E-state index >= 15 is 0 Å². The third kappa shape index (κ3) is 3.71.